The zero-order chi connectivity index (χ0) is 13.7. The summed E-state index contributed by atoms with van der Waals surface area (Å²) in [6.45, 7) is 6.95. The van der Waals surface area contributed by atoms with Crippen LogP contribution in [-0.4, -0.2) is 37.3 Å². The fraction of sp³-hybridized carbons (Fsp3) is 0.692. The summed E-state index contributed by atoms with van der Waals surface area (Å²) in [6, 6.07) is -0.0919. The molecule has 2 amide bonds. The number of amides is 2. The maximum Gasteiger partial charge on any atom is 0.314 e. The van der Waals surface area contributed by atoms with E-state index in [1.807, 2.05) is 13.8 Å². The molecule has 1 aromatic rings. The van der Waals surface area contributed by atoms with Crippen LogP contribution in [0.2, 0.25) is 0 Å². The molecule has 2 N–H and O–H groups in total. The zero-order valence-electron chi connectivity index (χ0n) is 11.5. The van der Waals surface area contributed by atoms with E-state index in [1.54, 1.807) is 11.3 Å². The third-order valence-electron chi connectivity index (χ3n) is 3.21. The Morgan fingerprint density at radius 3 is 2.95 bits per heavy atom. The van der Waals surface area contributed by atoms with E-state index < -0.39 is 0 Å². The molecule has 0 spiro atoms. The molecule has 0 bridgehead atoms. The highest BCUT2D eigenvalue weighted by molar-refractivity contribution is 7.11. The first kappa shape index (κ1) is 14.3. The molecule has 1 unspecified atom stereocenters. The predicted molar refractivity (Wildman–Crippen MR) is 75.6 cm³/mol. The average Bonchev–Trinajstić information content (AvgIpc) is 2.97. The predicted octanol–water partition coefficient (Wildman–Crippen LogP) is 1.64. The molecule has 1 saturated heterocycles. The molecule has 1 aromatic heterocycles. The summed E-state index contributed by atoms with van der Waals surface area (Å²) in [5.41, 5.74) is 1.08. The molecule has 2 rings (SSSR count). The van der Waals surface area contributed by atoms with Gasteiger partial charge in [0.15, 0.2) is 0 Å². The molecule has 106 valence electrons. The van der Waals surface area contributed by atoms with Gasteiger partial charge in [-0.2, -0.15) is 0 Å². The maximum absolute atomic E-state index is 11.6. The molecule has 2 heterocycles. The van der Waals surface area contributed by atoms with Gasteiger partial charge in [-0.25, -0.2) is 9.78 Å². The number of aromatic nitrogens is 1. The van der Waals surface area contributed by atoms with Gasteiger partial charge in [-0.15, -0.1) is 11.3 Å². The van der Waals surface area contributed by atoms with E-state index in [4.69, 9.17) is 4.74 Å². The van der Waals surface area contributed by atoms with Crippen molar-refractivity contribution in [1.82, 2.24) is 15.6 Å². The SMILES string of the molecule is Cc1nc(C)c(CCNC(=O)NCC2CCOC2)s1. The van der Waals surface area contributed by atoms with E-state index in [2.05, 4.69) is 15.6 Å². The van der Waals surface area contributed by atoms with Gasteiger partial charge in [0, 0.05) is 36.9 Å². The van der Waals surface area contributed by atoms with E-state index in [0.717, 1.165) is 36.8 Å². The summed E-state index contributed by atoms with van der Waals surface area (Å²) < 4.78 is 5.27. The second kappa shape index (κ2) is 6.86. The summed E-state index contributed by atoms with van der Waals surface area (Å²) in [6.07, 6.45) is 1.89. The van der Waals surface area contributed by atoms with Crippen molar-refractivity contribution in [3.8, 4) is 0 Å². The molecule has 1 atom stereocenters. The van der Waals surface area contributed by atoms with Crippen LogP contribution in [0.3, 0.4) is 0 Å². The molecule has 0 aromatic carbocycles. The molecule has 5 nitrogen and oxygen atoms in total. The minimum absolute atomic E-state index is 0.0919. The summed E-state index contributed by atoms with van der Waals surface area (Å²) in [7, 11) is 0. The molecule has 0 saturated carbocycles. The van der Waals surface area contributed by atoms with Crippen molar-refractivity contribution >= 4 is 17.4 Å². The summed E-state index contributed by atoms with van der Waals surface area (Å²) in [4.78, 5) is 17.2. The van der Waals surface area contributed by atoms with Gasteiger partial charge < -0.3 is 15.4 Å². The van der Waals surface area contributed by atoms with Crippen LogP contribution < -0.4 is 10.6 Å². The van der Waals surface area contributed by atoms with Gasteiger partial charge in [0.2, 0.25) is 0 Å². The minimum Gasteiger partial charge on any atom is -0.381 e. The van der Waals surface area contributed by atoms with Crippen molar-refractivity contribution < 1.29 is 9.53 Å². The van der Waals surface area contributed by atoms with Gasteiger partial charge in [0.1, 0.15) is 0 Å². The third-order valence-corrected chi connectivity index (χ3v) is 4.35. The first-order chi connectivity index (χ1) is 9.15. The van der Waals surface area contributed by atoms with Crippen molar-refractivity contribution in [2.45, 2.75) is 26.7 Å². The maximum atomic E-state index is 11.6. The smallest absolute Gasteiger partial charge is 0.314 e. The third kappa shape index (κ3) is 4.47. The highest BCUT2D eigenvalue weighted by atomic mass is 32.1. The standard InChI is InChI=1S/C13H21N3O2S/c1-9-12(19-10(2)16-9)3-5-14-13(17)15-7-11-4-6-18-8-11/h11H,3-8H2,1-2H3,(H2,14,15,17). The van der Waals surface area contributed by atoms with Crippen molar-refractivity contribution in [2.75, 3.05) is 26.3 Å². The number of carbonyl (C=O) groups is 1. The average molecular weight is 283 g/mol. The first-order valence-electron chi connectivity index (χ1n) is 6.67. The zero-order valence-corrected chi connectivity index (χ0v) is 12.3. The lowest BCUT2D eigenvalue weighted by Crippen LogP contribution is -2.39. The van der Waals surface area contributed by atoms with E-state index >= 15 is 0 Å². The van der Waals surface area contributed by atoms with Crippen LogP contribution in [0.25, 0.3) is 0 Å². The molecule has 1 aliphatic rings. The van der Waals surface area contributed by atoms with Crippen molar-refractivity contribution in [2.24, 2.45) is 5.92 Å². The Balaban J connectivity index is 1.62. The number of thiazole rings is 1. The van der Waals surface area contributed by atoms with E-state index in [1.165, 1.54) is 4.88 Å². The number of hydrogen-bond donors (Lipinski definition) is 2. The van der Waals surface area contributed by atoms with Gasteiger partial charge in [0.05, 0.1) is 17.3 Å². The molecule has 1 fully saturated rings. The second-order valence-corrected chi connectivity index (χ2v) is 6.15. The number of carbonyl (C=O) groups excluding carboxylic acids is 1. The van der Waals surface area contributed by atoms with Crippen LogP contribution in [0.4, 0.5) is 4.79 Å². The summed E-state index contributed by atoms with van der Waals surface area (Å²) in [5, 5.41) is 6.85. The van der Waals surface area contributed by atoms with Crippen LogP contribution in [0.15, 0.2) is 0 Å². The number of rotatable bonds is 5. The lowest BCUT2D eigenvalue weighted by Gasteiger charge is -2.10. The molecule has 6 heteroatoms. The quantitative estimate of drug-likeness (QED) is 0.863. The van der Waals surface area contributed by atoms with E-state index in [0.29, 0.717) is 19.0 Å². The number of aryl methyl sites for hydroxylation is 2. The topological polar surface area (TPSA) is 63.2 Å². The largest absolute Gasteiger partial charge is 0.381 e. The Labute approximate surface area is 117 Å². The lowest BCUT2D eigenvalue weighted by molar-refractivity contribution is 0.185. The van der Waals surface area contributed by atoms with Crippen LogP contribution >= 0.6 is 11.3 Å². The van der Waals surface area contributed by atoms with Crippen LogP contribution in [0, 0.1) is 19.8 Å². The number of hydrogen-bond acceptors (Lipinski definition) is 4. The number of nitrogens with one attached hydrogen (secondary N) is 2. The normalized spacial score (nSPS) is 18.5. The molecule has 0 radical (unpaired) electrons. The Morgan fingerprint density at radius 2 is 2.32 bits per heavy atom. The first-order valence-corrected chi connectivity index (χ1v) is 7.49. The van der Waals surface area contributed by atoms with E-state index in [-0.39, 0.29) is 6.03 Å². The molecule has 1 aliphatic heterocycles. The van der Waals surface area contributed by atoms with Gasteiger partial charge in [-0.3, -0.25) is 0 Å². The van der Waals surface area contributed by atoms with Crippen molar-refractivity contribution in [1.29, 1.82) is 0 Å². The highest BCUT2D eigenvalue weighted by Gasteiger charge is 2.16. The Hall–Kier alpha value is -1.14. The second-order valence-electron chi connectivity index (χ2n) is 4.86. The Kier molecular flexibility index (Phi) is 5.15. The molecular formula is C13H21N3O2S. The Morgan fingerprint density at radius 1 is 1.47 bits per heavy atom. The molecule has 19 heavy (non-hydrogen) atoms. The minimum atomic E-state index is -0.0919. The summed E-state index contributed by atoms with van der Waals surface area (Å²) in [5.74, 6) is 0.470. The Bertz CT molecular complexity index is 428. The van der Waals surface area contributed by atoms with Gasteiger partial charge in [-0.1, -0.05) is 0 Å². The van der Waals surface area contributed by atoms with Crippen LogP contribution in [0.1, 0.15) is 22.0 Å². The van der Waals surface area contributed by atoms with Gasteiger partial charge >= 0.3 is 6.03 Å². The van der Waals surface area contributed by atoms with Crippen molar-refractivity contribution in [3.63, 3.8) is 0 Å². The van der Waals surface area contributed by atoms with Crippen LogP contribution in [0.5, 0.6) is 0 Å². The molecule has 0 aliphatic carbocycles. The van der Waals surface area contributed by atoms with E-state index in [9.17, 15) is 4.79 Å². The molecular weight excluding hydrogens is 262 g/mol. The van der Waals surface area contributed by atoms with Crippen molar-refractivity contribution in [3.05, 3.63) is 15.6 Å². The number of urea groups is 1. The number of nitrogens with zero attached hydrogens (tertiary/aromatic N) is 1. The fourth-order valence-corrected chi connectivity index (χ4v) is 3.08. The lowest BCUT2D eigenvalue weighted by atomic mass is 10.1. The fourth-order valence-electron chi connectivity index (χ4n) is 2.14. The van der Waals surface area contributed by atoms with Crippen LogP contribution in [-0.2, 0) is 11.2 Å². The summed E-state index contributed by atoms with van der Waals surface area (Å²) >= 11 is 1.70. The van der Waals surface area contributed by atoms with Gasteiger partial charge in [0.25, 0.3) is 0 Å². The monoisotopic (exact) mass is 283 g/mol. The highest BCUT2D eigenvalue weighted by Crippen LogP contribution is 2.17. The number of ether oxygens (including phenoxy) is 1. The van der Waals surface area contributed by atoms with Gasteiger partial charge in [-0.05, 0) is 20.3 Å².